The largest absolute Gasteiger partial charge is 0.337 e. The van der Waals surface area contributed by atoms with Gasteiger partial charge in [0.05, 0.1) is 0 Å². The maximum atomic E-state index is 12.6. The quantitative estimate of drug-likeness (QED) is 0.794. The number of anilines is 1. The summed E-state index contributed by atoms with van der Waals surface area (Å²) in [6.45, 7) is 4.77. The van der Waals surface area contributed by atoms with Crippen LogP contribution in [0.25, 0.3) is 0 Å². The van der Waals surface area contributed by atoms with Gasteiger partial charge < -0.3 is 9.80 Å². The first-order valence-corrected chi connectivity index (χ1v) is 8.05. The van der Waals surface area contributed by atoms with Gasteiger partial charge in [0.2, 0.25) is 0 Å². The lowest BCUT2D eigenvalue weighted by atomic mass is 10.2. The van der Waals surface area contributed by atoms with Crippen molar-refractivity contribution in [2.75, 3.05) is 25.0 Å². The molecule has 0 radical (unpaired) electrons. The molecule has 126 valence electrons. The van der Waals surface area contributed by atoms with Crippen molar-refractivity contribution in [1.82, 2.24) is 9.88 Å². The molecule has 24 heavy (non-hydrogen) atoms. The summed E-state index contributed by atoms with van der Waals surface area (Å²) in [6, 6.07) is 11.4. The number of likely N-dealkylation sites (N-methyl/N-ethyl adjacent to an activating group) is 2. The number of amides is 2. The van der Waals surface area contributed by atoms with Gasteiger partial charge in [-0.15, -0.1) is 0 Å². The van der Waals surface area contributed by atoms with E-state index in [1.807, 2.05) is 50.2 Å². The van der Waals surface area contributed by atoms with Crippen molar-refractivity contribution in [2.45, 2.75) is 20.3 Å². The second kappa shape index (κ2) is 8.24. The van der Waals surface area contributed by atoms with E-state index in [1.54, 1.807) is 19.4 Å². The lowest BCUT2D eigenvalue weighted by molar-refractivity contribution is -0.143. The molecule has 1 aromatic carbocycles. The van der Waals surface area contributed by atoms with E-state index in [0.717, 1.165) is 16.8 Å². The third-order valence-corrected chi connectivity index (χ3v) is 3.89. The Balaban J connectivity index is 2.02. The normalized spacial score (nSPS) is 10.3. The van der Waals surface area contributed by atoms with Crippen molar-refractivity contribution >= 4 is 17.5 Å². The Morgan fingerprint density at radius 1 is 1.08 bits per heavy atom. The van der Waals surface area contributed by atoms with E-state index in [4.69, 9.17) is 0 Å². The zero-order valence-corrected chi connectivity index (χ0v) is 14.4. The number of nitrogens with zero attached hydrogens (tertiary/aromatic N) is 3. The van der Waals surface area contributed by atoms with Gasteiger partial charge in [0, 0.05) is 38.2 Å². The lowest BCUT2D eigenvalue weighted by Crippen LogP contribution is -2.44. The molecule has 5 nitrogen and oxygen atoms in total. The minimum Gasteiger partial charge on any atom is -0.337 e. The number of rotatable bonds is 5. The van der Waals surface area contributed by atoms with Gasteiger partial charge in [-0.3, -0.25) is 14.6 Å². The fraction of sp³-hybridized carbons (Fsp3) is 0.316. The molecule has 1 heterocycles. The van der Waals surface area contributed by atoms with Gasteiger partial charge in [-0.2, -0.15) is 0 Å². The average molecular weight is 325 g/mol. The van der Waals surface area contributed by atoms with E-state index in [1.165, 1.54) is 9.80 Å². The molecule has 0 aliphatic heterocycles. The summed E-state index contributed by atoms with van der Waals surface area (Å²) in [5, 5.41) is 0. The summed E-state index contributed by atoms with van der Waals surface area (Å²) >= 11 is 0. The van der Waals surface area contributed by atoms with Crippen molar-refractivity contribution in [1.29, 1.82) is 0 Å². The Morgan fingerprint density at radius 3 is 2.42 bits per heavy atom. The van der Waals surface area contributed by atoms with Crippen LogP contribution in [0.5, 0.6) is 0 Å². The topological polar surface area (TPSA) is 53.5 Å². The van der Waals surface area contributed by atoms with Crippen molar-refractivity contribution in [3.63, 3.8) is 0 Å². The number of hydrogen-bond donors (Lipinski definition) is 0. The predicted molar refractivity (Wildman–Crippen MR) is 94.8 cm³/mol. The Hall–Kier alpha value is -2.69. The molecule has 2 aromatic rings. The molecule has 2 amide bonds. The molecular weight excluding hydrogens is 302 g/mol. The second-order valence-electron chi connectivity index (χ2n) is 5.72. The van der Waals surface area contributed by atoms with Gasteiger partial charge in [-0.05, 0) is 55.7 Å². The monoisotopic (exact) mass is 325 g/mol. The number of pyridine rings is 1. The number of benzene rings is 1. The van der Waals surface area contributed by atoms with E-state index in [2.05, 4.69) is 4.98 Å². The molecule has 0 aliphatic rings. The van der Waals surface area contributed by atoms with Gasteiger partial charge in [0.25, 0.3) is 0 Å². The number of aromatic nitrogens is 1. The van der Waals surface area contributed by atoms with E-state index in [0.29, 0.717) is 19.5 Å². The molecular formula is C19H23N3O2. The molecule has 0 N–H and O–H groups in total. The van der Waals surface area contributed by atoms with Gasteiger partial charge in [-0.25, -0.2) is 0 Å². The van der Waals surface area contributed by atoms with E-state index in [9.17, 15) is 9.59 Å². The Morgan fingerprint density at radius 2 is 1.79 bits per heavy atom. The van der Waals surface area contributed by atoms with Crippen LogP contribution >= 0.6 is 0 Å². The third-order valence-electron chi connectivity index (χ3n) is 3.89. The van der Waals surface area contributed by atoms with Crippen LogP contribution in [0.15, 0.2) is 48.8 Å². The molecule has 0 fully saturated rings. The number of aryl methyl sites for hydroxylation is 1. The molecule has 0 bridgehead atoms. The number of hydrogen-bond acceptors (Lipinski definition) is 3. The Labute approximate surface area is 142 Å². The molecule has 1 aromatic heterocycles. The maximum Gasteiger partial charge on any atom is 0.316 e. The van der Waals surface area contributed by atoms with E-state index < -0.39 is 11.8 Å². The highest BCUT2D eigenvalue weighted by atomic mass is 16.2. The molecule has 0 aliphatic carbocycles. The predicted octanol–water partition coefficient (Wildman–Crippen LogP) is 2.44. The van der Waals surface area contributed by atoms with Gasteiger partial charge in [0.1, 0.15) is 0 Å². The lowest BCUT2D eigenvalue weighted by Gasteiger charge is -2.24. The summed E-state index contributed by atoms with van der Waals surface area (Å²) in [7, 11) is 1.66. The van der Waals surface area contributed by atoms with Crippen molar-refractivity contribution < 1.29 is 9.59 Å². The molecule has 5 heteroatoms. The first-order valence-electron chi connectivity index (χ1n) is 8.05. The Kier molecular flexibility index (Phi) is 6.07. The average Bonchev–Trinajstić information content (AvgIpc) is 2.60. The highest BCUT2D eigenvalue weighted by Gasteiger charge is 2.25. The standard InChI is InChI=1S/C19H23N3O2/c1-4-22(17-7-5-6-15(2)14-17)19(24)18(23)21(3)13-10-16-8-11-20-12-9-16/h5-9,11-12,14H,4,10,13H2,1-3H3. The van der Waals surface area contributed by atoms with Crippen LogP contribution in [0, 0.1) is 6.92 Å². The Bertz CT molecular complexity index is 701. The summed E-state index contributed by atoms with van der Waals surface area (Å²) in [4.78, 5) is 32.0. The van der Waals surface area contributed by atoms with Gasteiger partial charge >= 0.3 is 11.8 Å². The second-order valence-corrected chi connectivity index (χ2v) is 5.72. The zero-order valence-electron chi connectivity index (χ0n) is 14.4. The van der Waals surface area contributed by atoms with E-state index >= 15 is 0 Å². The highest BCUT2D eigenvalue weighted by molar-refractivity contribution is 6.40. The smallest absolute Gasteiger partial charge is 0.316 e. The van der Waals surface area contributed by atoms with E-state index in [-0.39, 0.29) is 0 Å². The molecule has 0 unspecified atom stereocenters. The fourth-order valence-corrected chi connectivity index (χ4v) is 2.47. The van der Waals surface area contributed by atoms with Crippen molar-refractivity contribution in [3.8, 4) is 0 Å². The third kappa shape index (κ3) is 4.41. The maximum absolute atomic E-state index is 12.6. The number of carbonyl (C=O) groups excluding carboxylic acids is 2. The summed E-state index contributed by atoms with van der Waals surface area (Å²) in [6.07, 6.45) is 4.13. The minimum atomic E-state index is -0.500. The summed E-state index contributed by atoms with van der Waals surface area (Å²) in [5.74, 6) is -0.993. The van der Waals surface area contributed by atoms with Crippen LogP contribution in [-0.2, 0) is 16.0 Å². The zero-order chi connectivity index (χ0) is 17.5. The van der Waals surface area contributed by atoms with Crippen LogP contribution in [-0.4, -0.2) is 41.8 Å². The van der Waals surface area contributed by atoms with Gasteiger partial charge in [0.15, 0.2) is 0 Å². The first-order chi connectivity index (χ1) is 11.5. The van der Waals surface area contributed by atoms with Crippen LogP contribution in [0.1, 0.15) is 18.1 Å². The van der Waals surface area contributed by atoms with Gasteiger partial charge in [-0.1, -0.05) is 12.1 Å². The SMILES string of the molecule is CCN(C(=O)C(=O)N(C)CCc1ccncc1)c1cccc(C)c1. The van der Waals surface area contributed by atoms with Crippen LogP contribution in [0.2, 0.25) is 0 Å². The molecule has 0 saturated carbocycles. The number of carbonyl (C=O) groups is 2. The van der Waals surface area contributed by atoms with Crippen molar-refractivity contribution in [2.24, 2.45) is 0 Å². The van der Waals surface area contributed by atoms with Crippen LogP contribution < -0.4 is 4.90 Å². The summed E-state index contributed by atoms with van der Waals surface area (Å²) < 4.78 is 0. The van der Waals surface area contributed by atoms with Crippen LogP contribution in [0.3, 0.4) is 0 Å². The molecule has 0 saturated heterocycles. The molecule has 0 spiro atoms. The molecule has 0 atom stereocenters. The fourth-order valence-electron chi connectivity index (χ4n) is 2.47. The summed E-state index contributed by atoms with van der Waals surface area (Å²) in [5.41, 5.74) is 2.89. The van der Waals surface area contributed by atoms with Crippen LogP contribution in [0.4, 0.5) is 5.69 Å². The highest BCUT2D eigenvalue weighted by Crippen LogP contribution is 2.16. The first kappa shape index (κ1) is 17.7. The van der Waals surface area contributed by atoms with Crippen molar-refractivity contribution in [3.05, 3.63) is 59.9 Å². The molecule has 2 rings (SSSR count). The minimum absolute atomic E-state index is 0.451.